The van der Waals surface area contributed by atoms with Crippen molar-refractivity contribution in [3.05, 3.63) is 254 Å². The molecule has 12 aromatic rings. The molecule has 8 aromatic carbocycles. The number of carbonyl (C=O) groups excluding carboxylic acids is 4. The number of anilines is 1. The maximum Gasteiger partial charge on any atom is 0.338 e. The minimum absolute atomic E-state index is 0.0795. The molecule has 102 heavy (non-hydrogen) atoms. The van der Waals surface area contributed by atoms with Crippen LogP contribution in [0.2, 0.25) is 0 Å². The maximum absolute atomic E-state index is 15.2. The molecule has 0 radical (unpaired) electrons. The van der Waals surface area contributed by atoms with Gasteiger partial charge in [-0.2, -0.15) is 20.4 Å². The molecule has 522 valence electrons. The van der Waals surface area contributed by atoms with Gasteiger partial charge in [0, 0.05) is 27.7 Å². The lowest BCUT2D eigenvalue weighted by atomic mass is 10.1. The number of amides is 4. The lowest BCUT2D eigenvalue weighted by Gasteiger charge is -2.14. The number of carbonyl (C=O) groups is 5. The Hall–Kier alpha value is -12.9. The Bertz CT molecular complexity index is 5270. The molecule has 20 nitrogen and oxygen atoms in total. The number of fused-ring (bicyclic) bond motifs is 4. The lowest BCUT2D eigenvalue weighted by Crippen LogP contribution is -2.45. The molecule has 10 N–H and O–H groups in total. The summed E-state index contributed by atoms with van der Waals surface area (Å²) >= 11 is 0. The first kappa shape index (κ1) is 73.4. The number of nitrogens with one attached hydrogen (secondary N) is 5. The Morgan fingerprint density at radius 1 is 0.500 bits per heavy atom. The van der Waals surface area contributed by atoms with E-state index in [-0.39, 0.29) is 67.5 Å². The maximum atomic E-state index is 15.2. The van der Waals surface area contributed by atoms with Crippen LogP contribution in [-0.2, 0) is 28.4 Å². The topological polar surface area (TPSA) is 296 Å². The Morgan fingerprint density at radius 2 is 0.873 bits per heavy atom. The van der Waals surface area contributed by atoms with Crippen LogP contribution in [0.4, 0.5) is 40.8 Å². The summed E-state index contributed by atoms with van der Waals surface area (Å²) in [5, 5.41) is 39.1. The molecular weight excluding hydrogens is 1330 g/mol. The van der Waals surface area contributed by atoms with Crippen LogP contribution in [0.15, 0.2) is 146 Å². The molecule has 0 unspecified atom stereocenters. The zero-order valence-electron chi connectivity index (χ0n) is 54.8. The van der Waals surface area contributed by atoms with Crippen molar-refractivity contribution in [2.24, 2.45) is 19.8 Å². The lowest BCUT2D eigenvalue weighted by molar-refractivity contribution is -0.122. The molecule has 0 aliphatic carbocycles. The van der Waals surface area contributed by atoms with Crippen molar-refractivity contribution in [1.29, 1.82) is 0 Å². The van der Waals surface area contributed by atoms with E-state index in [0.717, 1.165) is 0 Å². The monoisotopic (exact) mass is 1400 g/mol. The highest BCUT2D eigenvalue weighted by Crippen LogP contribution is 2.30. The van der Waals surface area contributed by atoms with E-state index in [2.05, 4.69) is 46.5 Å². The quantitative estimate of drug-likeness (QED) is 0.0226. The summed E-state index contributed by atoms with van der Waals surface area (Å²) in [6.45, 7) is 3.54. The second-order valence-electron chi connectivity index (χ2n) is 22.6. The number of carboxylic acid groups (broad SMARTS) is 1. The van der Waals surface area contributed by atoms with Crippen LogP contribution in [0.3, 0.4) is 0 Å². The van der Waals surface area contributed by atoms with Crippen molar-refractivity contribution < 1.29 is 68.9 Å². The third-order valence-electron chi connectivity index (χ3n) is 15.4. The SMILES string of the molecule is COCCNC(=O)[C@H](C)NC(=O)c1ccc2[nH]nc(/C=C/c3cccc(F)c3)c2c1F.C[C@H](NC(=O)c1ccc2[nH]nc(/C=C/c3cccc(F)c3)c2c1F)C(N)=O.Cn1nc(/C=C/c2cccc(F)c2)c2c(F)c(C(=O)O)ccc21.Cn1nc(/C=C/c2cccc(F)c2)c2c(F)c(N)ccc21. The number of ether oxygens (including phenoxy) is 1. The number of H-pyrrole nitrogens is 2. The van der Waals surface area contributed by atoms with E-state index < -0.39 is 76.3 Å². The largest absolute Gasteiger partial charge is 0.478 e. The van der Waals surface area contributed by atoms with Gasteiger partial charge < -0.3 is 37.3 Å². The van der Waals surface area contributed by atoms with E-state index in [9.17, 15) is 54.7 Å². The number of nitrogens with zero attached hydrogens (tertiary/aromatic N) is 6. The number of primary amides is 1. The smallest absolute Gasteiger partial charge is 0.338 e. The molecule has 0 saturated carbocycles. The highest BCUT2D eigenvalue weighted by molar-refractivity contribution is 6.04. The van der Waals surface area contributed by atoms with Crippen molar-refractivity contribution >= 4 is 128 Å². The number of rotatable bonds is 18. The number of carboxylic acids is 1. The predicted molar refractivity (Wildman–Crippen MR) is 374 cm³/mol. The number of nitrogens with two attached hydrogens (primary N) is 2. The molecule has 28 heteroatoms. The zero-order chi connectivity index (χ0) is 73.5. The van der Waals surface area contributed by atoms with Crippen molar-refractivity contribution in [1.82, 2.24) is 55.9 Å². The number of aromatic nitrogens is 8. The minimum Gasteiger partial charge on any atom is -0.478 e. The van der Waals surface area contributed by atoms with Crippen LogP contribution < -0.4 is 27.4 Å². The Labute approximate surface area is 575 Å². The zero-order valence-corrected chi connectivity index (χ0v) is 54.8. The van der Waals surface area contributed by atoms with Crippen LogP contribution in [0.1, 0.15) is 90.0 Å². The third-order valence-corrected chi connectivity index (χ3v) is 15.4. The minimum atomic E-state index is -1.34. The molecule has 0 fully saturated rings. The number of methoxy groups -OCH3 is 1. The van der Waals surface area contributed by atoms with Gasteiger partial charge in [0.05, 0.1) is 95.4 Å². The number of aryl methyl sites for hydroxylation is 2. The van der Waals surface area contributed by atoms with E-state index in [0.29, 0.717) is 68.6 Å². The molecule has 4 aromatic heterocycles. The molecule has 2 atom stereocenters. The number of hydrogen-bond donors (Lipinski definition) is 8. The van der Waals surface area contributed by atoms with Gasteiger partial charge in [0.15, 0.2) is 5.82 Å². The fraction of sp³-hybridized carbons (Fsp3) is 0.122. The highest BCUT2D eigenvalue weighted by Gasteiger charge is 2.24. The van der Waals surface area contributed by atoms with Gasteiger partial charge >= 0.3 is 5.97 Å². The van der Waals surface area contributed by atoms with Gasteiger partial charge in [-0.1, -0.05) is 72.8 Å². The van der Waals surface area contributed by atoms with Gasteiger partial charge in [0.2, 0.25) is 11.8 Å². The van der Waals surface area contributed by atoms with E-state index in [1.54, 1.807) is 104 Å². The van der Waals surface area contributed by atoms with E-state index in [1.165, 1.54) is 135 Å². The second-order valence-corrected chi connectivity index (χ2v) is 22.6. The summed E-state index contributed by atoms with van der Waals surface area (Å²) in [4.78, 5) is 59.0. The molecule has 0 bridgehead atoms. The van der Waals surface area contributed by atoms with Gasteiger partial charge in [0.1, 0.15) is 52.8 Å². The first-order chi connectivity index (χ1) is 48.8. The normalized spacial score (nSPS) is 12.0. The van der Waals surface area contributed by atoms with Crippen LogP contribution >= 0.6 is 0 Å². The summed E-state index contributed by atoms with van der Waals surface area (Å²) < 4.78 is 120. The van der Waals surface area contributed by atoms with Crippen molar-refractivity contribution in [2.75, 3.05) is 26.0 Å². The van der Waals surface area contributed by atoms with Gasteiger partial charge in [-0.05, 0) is 157 Å². The molecule has 0 aliphatic rings. The van der Waals surface area contributed by atoms with Crippen molar-refractivity contribution in [3.8, 4) is 0 Å². The number of hydrogen-bond acceptors (Lipinski definition) is 11. The fourth-order valence-electron chi connectivity index (χ4n) is 10.1. The first-order valence-corrected chi connectivity index (χ1v) is 30.8. The Kier molecular flexibility index (Phi) is 23.8. The molecule has 4 heterocycles. The molecule has 0 aliphatic heterocycles. The molecular formula is C74H63F8N13O7. The highest BCUT2D eigenvalue weighted by atomic mass is 19.2. The number of benzene rings is 8. The standard InChI is InChI=1S/C22H22F2N4O3.C19H16F2N4O2.C17H12F2N2O2.C16H13F2N3/c1-13(21(29)25-10-11-31-2)26-22(30)16-7-9-18-19(20(16)24)17(27-28-18)8-6-14-4-3-5-15(23)12-14;1-10(18(22)26)23-19(27)13-6-8-15-16(17(13)21)14(24-25-15)7-5-11-3-2-4-12(20)9-11;1-21-14-8-6-12(17(22)23)16(19)15(14)13(20-21)7-5-10-3-2-4-11(18)9-10;1-21-14-8-6-12(19)16(18)15(14)13(20-21)7-5-10-3-2-4-11(17)9-10/h3-9,12-13H,10-11H2,1-2H3,(H,25,29)(H,26,30)(H,27,28);2-10H,1H3,(H2,22,26)(H,23,27)(H,24,25);2-9H,1H3,(H,22,23);2-9H,19H2,1H3/b8-6+;3*7-5+/t13-;10-;;/m00../s1. The molecule has 0 spiro atoms. The number of aromatic carboxylic acids is 1. The summed E-state index contributed by atoms with van der Waals surface area (Å²) in [6.07, 6.45) is 12.7. The summed E-state index contributed by atoms with van der Waals surface area (Å²) in [7, 11) is 4.88. The van der Waals surface area contributed by atoms with Crippen molar-refractivity contribution in [2.45, 2.75) is 25.9 Å². The Balaban J connectivity index is 0.000000160. The third kappa shape index (κ3) is 17.9. The summed E-state index contributed by atoms with van der Waals surface area (Å²) in [5.41, 5.74) is 15.5. The van der Waals surface area contributed by atoms with Crippen molar-refractivity contribution in [3.63, 3.8) is 0 Å². The predicted octanol–water partition coefficient (Wildman–Crippen LogP) is 12.8. The van der Waals surface area contributed by atoms with E-state index in [4.69, 9.17) is 21.3 Å². The number of nitrogen functional groups attached to an aromatic ring is 1. The van der Waals surface area contributed by atoms with Crippen LogP contribution in [0, 0.1) is 46.5 Å². The number of aromatic amines is 2. The average Bonchev–Trinajstić information content (AvgIpc) is 1.63. The van der Waals surface area contributed by atoms with E-state index >= 15 is 4.39 Å². The summed E-state index contributed by atoms with van der Waals surface area (Å²) in [6, 6.07) is 33.7. The second kappa shape index (κ2) is 33.1. The van der Waals surface area contributed by atoms with Gasteiger partial charge in [-0.15, -0.1) is 0 Å². The van der Waals surface area contributed by atoms with Gasteiger partial charge in [0.25, 0.3) is 11.8 Å². The Morgan fingerprint density at radius 3 is 1.26 bits per heavy atom. The van der Waals surface area contributed by atoms with E-state index in [1.807, 2.05) is 0 Å². The average molecular weight is 1400 g/mol. The fourth-order valence-corrected chi connectivity index (χ4v) is 10.1. The summed E-state index contributed by atoms with van der Waals surface area (Å²) in [5.74, 6) is -8.32. The van der Waals surface area contributed by atoms with Crippen LogP contribution in [0.5, 0.6) is 0 Å². The molecule has 4 amide bonds. The van der Waals surface area contributed by atoms with Crippen LogP contribution in [0.25, 0.3) is 92.2 Å². The molecule has 0 saturated heterocycles. The molecule has 12 rings (SSSR count). The van der Waals surface area contributed by atoms with Gasteiger partial charge in [-0.25, -0.2) is 39.9 Å². The van der Waals surface area contributed by atoms with Gasteiger partial charge in [-0.3, -0.25) is 38.7 Å². The first-order valence-electron chi connectivity index (χ1n) is 30.8. The number of halogens is 8. The van der Waals surface area contributed by atoms with Crippen LogP contribution in [-0.4, -0.2) is 107 Å².